The van der Waals surface area contributed by atoms with Gasteiger partial charge in [-0.05, 0) is 42.0 Å². The summed E-state index contributed by atoms with van der Waals surface area (Å²) in [5.74, 6) is 1.21. The minimum absolute atomic E-state index is 0.178. The van der Waals surface area contributed by atoms with Crippen LogP contribution in [-0.2, 0) is 5.41 Å². The maximum absolute atomic E-state index is 14.7. The van der Waals surface area contributed by atoms with Gasteiger partial charge in [-0.25, -0.2) is 19.3 Å². The van der Waals surface area contributed by atoms with E-state index < -0.39 is 0 Å². The van der Waals surface area contributed by atoms with Crippen LogP contribution in [0.2, 0.25) is 0 Å². The van der Waals surface area contributed by atoms with Crippen molar-refractivity contribution in [2.75, 3.05) is 24.5 Å². The second-order valence-corrected chi connectivity index (χ2v) is 9.63. The molecule has 5 aromatic rings. The standard InChI is InChI=1S/C26H23FN8O/c27-19-4-2-1-3-17(19)26(12-28)16-7-8-35(11-18(16)26)21-10-29-23-22(33-34-24(23)32-21)14-5-6-15-20(9-14)30-13-31-25(15)36/h1-6,9-10,13,16,18H,7-8,11-12,28H2,(H,30,31,36)(H,32,33,34)/t16-,18+,26-/m1/s1. The molecule has 1 aliphatic heterocycles. The highest BCUT2D eigenvalue weighted by Gasteiger charge is 2.66. The fourth-order valence-electron chi connectivity index (χ4n) is 6.20. The Bertz CT molecular complexity index is 1700. The molecule has 36 heavy (non-hydrogen) atoms. The minimum Gasteiger partial charge on any atom is -0.355 e. The summed E-state index contributed by atoms with van der Waals surface area (Å²) in [6.07, 6.45) is 4.08. The molecule has 0 amide bonds. The molecule has 3 atom stereocenters. The van der Waals surface area contributed by atoms with Crippen molar-refractivity contribution in [2.24, 2.45) is 17.6 Å². The monoisotopic (exact) mass is 482 g/mol. The largest absolute Gasteiger partial charge is 0.355 e. The van der Waals surface area contributed by atoms with E-state index in [4.69, 9.17) is 10.7 Å². The second-order valence-electron chi connectivity index (χ2n) is 9.63. The van der Waals surface area contributed by atoms with Crippen LogP contribution in [0.4, 0.5) is 10.2 Å². The fourth-order valence-corrected chi connectivity index (χ4v) is 6.20. The third-order valence-corrected chi connectivity index (χ3v) is 8.05. The predicted molar refractivity (Wildman–Crippen MR) is 134 cm³/mol. The number of hydrogen-bond acceptors (Lipinski definition) is 7. The van der Waals surface area contributed by atoms with Crippen molar-refractivity contribution in [3.05, 3.63) is 76.7 Å². The molecule has 0 radical (unpaired) electrons. The molecule has 9 nitrogen and oxygen atoms in total. The van der Waals surface area contributed by atoms with Crippen LogP contribution in [-0.4, -0.2) is 49.8 Å². The molecule has 4 heterocycles. The predicted octanol–water partition coefficient (Wildman–Crippen LogP) is 2.75. The highest BCUT2D eigenvalue weighted by molar-refractivity contribution is 5.91. The number of hydrogen-bond donors (Lipinski definition) is 3. The minimum atomic E-state index is -0.317. The number of nitrogens with one attached hydrogen (secondary N) is 2. The molecule has 2 aromatic carbocycles. The van der Waals surface area contributed by atoms with Crippen molar-refractivity contribution in [3.63, 3.8) is 0 Å². The maximum Gasteiger partial charge on any atom is 0.258 e. The van der Waals surface area contributed by atoms with Gasteiger partial charge in [-0.3, -0.25) is 9.89 Å². The normalized spacial score (nSPS) is 23.2. The van der Waals surface area contributed by atoms with Crippen molar-refractivity contribution in [1.82, 2.24) is 30.1 Å². The van der Waals surface area contributed by atoms with Crippen molar-refractivity contribution in [1.29, 1.82) is 0 Å². The lowest BCUT2D eigenvalue weighted by atomic mass is 9.91. The van der Waals surface area contributed by atoms with E-state index >= 15 is 0 Å². The fraction of sp³-hybridized carbons (Fsp3) is 0.269. The SMILES string of the molecule is NC[C@]1(c2ccccc2F)[C@@H]2CCN(c3cnc4c(-c5ccc6c(=O)[nH]cnc6c5)[nH]nc4n3)C[C@@H]21. The van der Waals surface area contributed by atoms with Gasteiger partial charge in [0.1, 0.15) is 17.2 Å². The number of piperidine rings is 1. The van der Waals surface area contributed by atoms with E-state index in [2.05, 4.69) is 30.0 Å². The van der Waals surface area contributed by atoms with E-state index in [-0.39, 0.29) is 22.7 Å². The van der Waals surface area contributed by atoms with Gasteiger partial charge in [0.15, 0.2) is 0 Å². The quantitative estimate of drug-likeness (QED) is 0.359. The van der Waals surface area contributed by atoms with Crippen LogP contribution in [0.5, 0.6) is 0 Å². The smallest absolute Gasteiger partial charge is 0.258 e. The van der Waals surface area contributed by atoms with Gasteiger partial charge < -0.3 is 15.6 Å². The first-order valence-electron chi connectivity index (χ1n) is 12.0. The van der Waals surface area contributed by atoms with Gasteiger partial charge in [0.05, 0.1) is 29.1 Å². The van der Waals surface area contributed by atoms with E-state index in [1.807, 2.05) is 24.3 Å². The van der Waals surface area contributed by atoms with E-state index in [1.54, 1.807) is 18.3 Å². The highest BCUT2D eigenvalue weighted by Crippen LogP contribution is 2.63. The number of anilines is 1. The zero-order chi connectivity index (χ0) is 24.4. The van der Waals surface area contributed by atoms with Crippen molar-refractivity contribution < 1.29 is 4.39 Å². The molecule has 2 fully saturated rings. The third-order valence-electron chi connectivity index (χ3n) is 8.05. The van der Waals surface area contributed by atoms with Gasteiger partial charge in [0.25, 0.3) is 5.56 Å². The number of halogens is 1. The lowest BCUT2D eigenvalue weighted by Gasteiger charge is -2.26. The van der Waals surface area contributed by atoms with Gasteiger partial charge in [-0.15, -0.1) is 0 Å². The Morgan fingerprint density at radius 2 is 2.06 bits per heavy atom. The molecule has 10 heteroatoms. The highest BCUT2D eigenvalue weighted by atomic mass is 19.1. The van der Waals surface area contributed by atoms with Crippen LogP contribution < -0.4 is 16.2 Å². The molecule has 4 N–H and O–H groups in total. The molecule has 7 rings (SSSR count). The Balaban J connectivity index is 1.19. The van der Waals surface area contributed by atoms with Gasteiger partial charge in [0, 0.05) is 30.6 Å². The number of nitrogens with two attached hydrogens (primary N) is 1. The van der Waals surface area contributed by atoms with E-state index in [0.29, 0.717) is 34.5 Å². The molecule has 1 saturated carbocycles. The van der Waals surface area contributed by atoms with Crippen molar-refractivity contribution in [2.45, 2.75) is 11.8 Å². The molecular formula is C26H23FN8O. The molecule has 0 spiro atoms. The molecule has 3 aromatic heterocycles. The summed E-state index contributed by atoms with van der Waals surface area (Å²) in [4.78, 5) is 30.5. The first kappa shape index (κ1) is 21.1. The molecular weight excluding hydrogens is 459 g/mol. The number of aromatic nitrogens is 6. The number of fused-ring (bicyclic) bond motifs is 3. The van der Waals surface area contributed by atoms with E-state index in [0.717, 1.165) is 42.1 Å². The average Bonchev–Trinajstić information content (AvgIpc) is 3.36. The van der Waals surface area contributed by atoms with E-state index in [1.165, 1.54) is 12.4 Å². The Hall–Kier alpha value is -4.18. The lowest BCUT2D eigenvalue weighted by Crippen LogP contribution is -2.32. The van der Waals surface area contributed by atoms with Crippen LogP contribution in [0.3, 0.4) is 0 Å². The van der Waals surface area contributed by atoms with Gasteiger partial charge in [-0.1, -0.05) is 24.3 Å². The summed E-state index contributed by atoms with van der Waals surface area (Å²) in [6.45, 7) is 1.98. The lowest BCUT2D eigenvalue weighted by molar-refractivity contribution is 0.533. The molecule has 180 valence electrons. The Kier molecular flexibility index (Phi) is 4.50. The van der Waals surface area contributed by atoms with Gasteiger partial charge >= 0.3 is 0 Å². The molecule has 2 aliphatic rings. The third kappa shape index (κ3) is 2.94. The Morgan fingerprint density at radius 1 is 1.17 bits per heavy atom. The van der Waals surface area contributed by atoms with Crippen LogP contribution in [0.15, 0.2) is 59.8 Å². The van der Waals surface area contributed by atoms with Crippen molar-refractivity contribution >= 4 is 27.9 Å². The second kappa shape index (κ2) is 7.66. The number of benzene rings is 2. The Labute approximate surface area is 204 Å². The maximum atomic E-state index is 14.7. The number of H-pyrrole nitrogens is 2. The van der Waals surface area contributed by atoms with Crippen LogP contribution >= 0.6 is 0 Å². The van der Waals surface area contributed by atoms with Gasteiger partial charge in [-0.2, -0.15) is 5.10 Å². The zero-order valence-electron chi connectivity index (χ0n) is 19.3. The summed E-state index contributed by atoms with van der Waals surface area (Å²) in [5.41, 5.74) is 9.76. The number of nitrogens with zero attached hydrogens (tertiary/aromatic N) is 5. The average molecular weight is 483 g/mol. The summed E-state index contributed by atoms with van der Waals surface area (Å²) >= 11 is 0. The summed E-state index contributed by atoms with van der Waals surface area (Å²) in [6, 6.07) is 12.4. The topological polar surface area (TPSA) is 129 Å². The van der Waals surface area contributed by atoms with Gasteiger partial charge in [0.2, 0.25) is 5.65 Å². The first-order chi connectivity index (χ1) is 17.6. The number of aromatic amines is 2. The molecule has 1 saturated heterocycles. The van der Waals surface area contributed by atoms with Crippen molar-refractivity contribution in [3.8, 4) is 11.3 Å². The molecule has 0 unspecified atom stereocenters. The van der Waals surface area contributed by atoms with Crippen LogP contribution in [0.1, 0.15) is 12.0 Å². The zero-order valence-corrected chi connectivity index (χ0v) is 19.3. The van der Waals surface area contributed by atoms with E-state index in [9.17, 15) is 9.18 Å². The summed E-state index contributed by atoms with van der Waals surface area (Å²) in [7, 11) is 0. The van der Waals surface area contributed by atoms with Crippen LogP contribution in [0.25, 0.3) is 33.3 Å². The summed E-state index contributed by atoms with van der Waals surface area (Å²) in [5, 5.41) is 7.96. The first-order valence-corrected chi connectivity index (χ1v) is 12.0. The Morgan fingerprint density at radius 3 is 2.92 bits per heavy atom. The number of rotatable bonds is 4. The molecule has 1 aliphatic carbocycles. The summed E-state index contributed by atoms with van der Waals surface area (Å²) < 4.78 is 14.7. The molecule has 0 bridgehead atoms. The van der Waals surface area contributed by atoms with Crippen LogP contribution in [0, 0.1) is 17.7 Å².